The average molecular weight is 272 g/mol. The fourth-order valence-corrected chi connectivity index (χ4v) is 3.33. The molecule has 0 bridgehead atoms. The topological polar surface area (TPSA) is 34.1 Å². The zero-order chi connectivity index (χ0) is 13.7. The standard InChI is InChI=1S/C16H16O2S/c1-2-15(16(17)13-9-5-3-6-10-13)19(18)14-11-7-4-8-12-14/h3-12,15H,2H2,1H3. The third kappa shape index (κ3) is 3.18. The Morgan fingerprint density at radius 3 is 2.05 bits per heavy atom. The van der Waals surface area contributed by atoms with Crippen molar-refractivity contribution >= 4 is 16.6 Å². The van der Waals surface area contributed by atoms with Gasteiger partial charge in [0, 0.05) is 10.5 Å². The van der Waals surface area contributed by atoms with E-state index in [1.54, 1.807) is 24.3 Å². The van der Waals surface area contributed by atoms with Gasteiger partial charge in [-0.15, -0.1) is 0 Å². The Morgan fingerprint density at radius 2 is 1.53 bits per heavy atom. The van der Waals surface area contributed by atoms with E-state index in [-0.39, 0.29) is 5.78 Å². The van der Waals surface area contributed by atoms with Gasteiger partial charge in [-0.05, 0) is 18.6 Å². The fraction of sp³-hybridized carbons (Fsp3) is 0.188. The van der Waals surface area contributed by atoms with Crippen LogP contribution in [0.2, 0.25) is 0 Å². The monoisotopic (exact) mass is 272 g/mol. The van der Waals surface area contributed by atoms with Crippen LogP contribution in [-0.4, -0.2) is 15.2 Å². The second kappa shape index (κ2) is 6.43. The number of hydrogen-bond donors (Lipinski definition) is 0. The van der Waals surface area contributed by atoms with Crippen LogP contribution in [0.3, 0.4) is 0 Å². The zero-order valence-corrected chi connectivity index (χ0v) is 11.6. The summed E-state index contributed by atoms with van der Waals surface area (Å²) in [6, 6.07) is 18.2. The summed E-state index contributed by atoms with van der Waals surface area (Å²) in [7, 11) is -1.30. The van der Waals surface area contributed by atoms with Crippen LogP contribution >= 0.6 is 0 Å². The molecule has 98 valence electrons. The van der Waals surface area contributed by atoms with Crippen molar-refractivity contribution in [3.05, 3.63) is 66.2 Å². The molecule has 3 heteroatoms. The highest BCUT2D eigenvalue weighted by molar-refractivity contribution is 7.86. The molecule has 2 aromatic carbocycles. The van der Waals surface area contributed by atoms with Crippen molar-refractivity contribution in [1.29, 1.82) is 0 Å². The summed E-state index contributed by atoms with van der Waals surface area (Å²) in [5.41, 5.74) is 0.624. The second-order valence-corrected chi connectivity index (χ2v) is 5.87. The first-order valence-electron chi connectivity index (χ1n) is 6.29. The normalized spacial score (nSPS) is 13.7. The number of benzene rings is 2. The SMILES string of the molecule is CCC(C(=O)c1ccccc1)S(=O)c1ccccc1. The van der Waals surface area contributed by atoms with Gasteiger partial charge in [-0.1, -0.05) is 55.5 Å². The molecule has 0 amide bonds. The number of rotatable bonds is 5. The van der Waals surface area contributed by atoms with E-state index in [2.05, 4.69) is 0 Å². The van der Waals surface area contributed by atoms with Gasteiger partial charge in [0.05, 0.1) is 10.8 Å². The Labute approximate surface area is 115 Å². The average Bonchev–Trinajstić information content (AvgIpc) is 2.49. The number of hydrogen-bond acceptors (Lipinski definition) is 2. The van der Waals surface area contributed by atoms with Crippen LogP contribution < -0.4 is 0 Å². The maximum absolute atomic E-state index is 12.5. The molecule has 2 nitrogen and oxygen atoms in total. The number of carbonyl (C=O) groups is 1. The lowest BCUT2D eigenvalue weighted by atomic mass is 10.1. The van der Waals surface area contributed by atoms with Crippen LogP contribution in [0.25, 0.3) is 0 Å². The lowest BCUT2D eigenvalue weighted by molar-refractivity contribution is 0.0986. The summed E-state index contributed by atoms with van der Waals surface area (Å²) in [4.78, 5) is 13.1. The quantitative estimate of drug-likeness (QED) is 0.781. The number of Topliss-reactive ketones (excluding diaryl/α,β-unsaturated/α-hetero) is 1. The van der Waals surface area contributed by atoms with Crippen LogP contribution in [0.1, 0.15) is 23.7 Å². The maximum Gasteiger partial charge on any atom is 0.178 e. The highest BCUT2D eigenvalue weighted by Crippen LogP contribution is 2.17. The highest BCUT2D eigenvalue weighted by Gasteiger charge is 2.25. The first-order chi connectivity index (χ1) is 9.24. The Hall–Kier alpha value is -1.74. The molecule has 0 saturated carbocycles. The smallest absolute Gasteiger partial charge is 0.178 e. The summed E-state index contributed by atoms with van der Waals surface area (Å²) >= 11 is 0. The Bertz CT molecular complexity index is 512. The third-order valence-electron chi connectivity index (χ3n) is 2.96. The molecule has 0 heterocycles. The third-order valence-corrected chi connectivity index (χ3v) is 4.76. The van der Waals surface area contributed by atoms with E-state index in [4.69, 9.17) is 0 Å². The first kappa shape index (κ1) is 13.7. The minimum absolute atomic E-state index is 0.0507. The van der Waals surface area contributed by atoms with E-state index in [1.165, 1.54) is 0 Å². The van der Waals surface area contributed by atoms with E-state index >= 15 is 0 Å². The molecule has 0 aliphatic heterocycles. The number of ketones is 1. The van der Waals surface area contributed by atoms with Gasteiger partial charge in [-0.2, -0.15) is 0 Å². The first-order valence-corrected chi connectivity index (χ1v) is 7.50. The van der Waals surface area contributed by atoms with E-state index < -0.39 is 16.0 Å². The predicted octanol–water partition coefficient (Wildman–Crippen LogP) is 3.46. The largest absolute Gasteiger partial charge is 0.293 e. The molecular formula is C16H16O2S. The van der Waals surface area contributed by atoms with E-state index in [1.807, 2.05) is 43.3 Å². The summed E-state index contributed by atoms with van der Waals surface area (Å²) in [6.07, 6.45) is 0.565. The second-order valence-electron chi connectivity index (χ2n) is 4.24. The molecule has 0 radical (unpaired) electrons. The van der Waals surface area contributed by atoms with Gasteiger partial charge in [0.15, 0.2) is 5.78 Å². The molecule has 0 fully saturated rings. The minimum Gasteiger partial charge on any atom is -0.293 e. The van der Waals surface area contributed by atoms with Gasteiger partial charge in [-0.3, -0.25) is 9.00 Å². The molecule has 0 saturated heterocycles. The molecule has 2 aromatic rings. The van der Waals surface area contributed by atoms with Gasteiger partial charge in [0.2, 0.25) is 0 Å². The molecule has 2 unspecified atom stereocenters. The Balaban J connectivity index is 2.26. The van der Waals surface area contributed by atoms with Gasteiger partial charge >= 0.3 is 0 Å². The van der Waals surface area contributed by atoms with Crippen molar-refractivity contribution in [1.82, 2.24) is 0 Å². The molecule has 0 spiro atoms. The summed E-state index contributed by atoms with van der Waals surface area (Å²) in [5.74, 6) is -0.0507. The van der Waals surface area contributed by atoms with Crippen molar-refractivity contribution in [3.8, 4) is 0 Å². The van der Waals surface area contributed by atoms with E-state index in [0.717, 1.165) is 0 Å². The lowest BCUT2D eigenvalue weighted by Gasteiger charge is -2.13. The Morgan fingerprint density at radius 1 is 1.00 bits per heavy atom. The lowest BCUT2D eigenvalue weighted by Crippen LogP contribution is -2.25. The van der Waals surface area contributed by atoms with E-state index in [9.17, 15) is 9.00 Å². The molecule has 0 aromatic heterocycles. The van der Waals surface area contributed by atoms with Crippen LogP contribution in [0.4, 0.5) is 0 Å². The summed E-state index contributed by atoms with van der Waals surface area (Å²) in [5, 5.41) is -0.482. The molecule has 0 aliphatic carbocycles. The molecule has 0 N–H and O–H groups in total. The van der Waals surface area contributed by atoms with Gasteiger partial charge in [-0.25, -0.2) is 0 Å². The Kier molecular flexibility index (Phi) is 4.63. The highest BCUT2D eigenvalue weighted by atomic mass is 32.2. The molecular weight excluding hydrogens is 256 g/mol. The van der Waals surface area contributed by atoms with Crippen molar-refractivity contribution in [2.45, 2.75) is 23.5 Å². The maximum atomic E-state index is 12.5. The molecule has 2 atom stereocenters. The predicted molar refractivity (Wildman–Crippen MR) is 77.7 cm³/mol. The van der Waals surface area contributed by atoms with Crippen LogP contribution in [0.15, 0.2) is 65.6 Å². The molecule has 0 aliphatic rings. The van der Waals surface area contributed by atoms with Crippen LogP contribution in [0.5, 0.6) is 0 Å². The fourth-order valence-electron chi connectivity index (χ4n) is 1.94. The van der Waals surface area contributed by atoms with E-state index in [0.29, 0.717) is 16.9 Å². The van der Waals surface area contributed by atoms with Crippen LogP contribution in [0, 0.1) is 0 Å². The van der Waals surface area contributed by atoms with Gasteiger partial charge < -0.3 is 0 Å². The summed E-state index contributed by atoms with van der Waals surface area (Å²) < 4.78 is 12.5. The van der Waals surface area contributed by atoms with Gasteiger partial charge in [0.25, 0.3) is 0 Å². The van der Waals surface area contributed by atoms with Crippen molar-refractivity contribution in [2.24, 2.45) is 0 Å². The van der Waals surface area contributed by atoms with Crippen LogP contribution in [-0.2, 0) is 10.8 Å². The van der Waals surface area contributed by atoms with Crippen molar-refractivity contribution in [2.75, 3.05) is 0 Å². The zero-order valence-electron chi connectivity index (χ0n) is 10.8. The minimum atomic E-state index is -1.30. The number of carbonyl (C=O) groups excluding carboxylic acids is 1. The summed E-state index contributed by atoms with van der Waals surface area (Å²) in [6.45, 7) is 1.90. The van der Waals surface area contributed by atoms with Gasteiger partial charge in [0.1, 0.15) is 5.25 Å². The van der Waals surface area contributed by atoms with Crippen molar-refractivity contribution < 1.29 is 9.00 Å². The molecule has 2 rings (SSSR count). The van der Waals surface area contributed by atoms with Crippen molar-refractivity contribution in [3.63, 3.8) is 0 Å². The molecule has 19 heavy (non-hydrogen) atoms.